The zero-order chi connectivity index (χ0) is 49.5. The van der Waals surface area contributed by atoms with Crippen molar-refractivity contribution in [2.24, 2.45) is 0 Å². The van der Waals surface area contributed by atoms with Crippen LogP contribution in [0, 0.1) is 0 Å². The molecule has 6 atom stereocenters. The number of nitrogen functional groups attached to an aromatic ring is 1. The fourth-order valence-electron chi connectivity index (χ4n) is 7.14. The predicted molar refractivity (Wildman–Crippen MR) is 243 cm³/mol. The van der Waals surface area contributed by atoms with Crippen molar-refractivity contribution in [3.63, 3.8) is 0 Å². The first-order valence-corrected chi connectivity index (χ1v) is 25.4. The molecule has 3 aliphatic rings. The molecule has 1 saturated heterocycles. The van der Waals surface area contributed by atoms with Crippen molar-refractivity contribution in [1.82, 2.24) is 34.7 Å². The smallest absolute Gasteiger partial charge is 0.478 e. The lowest BCUT2D eigenvalue weighted by atomic mass is 9.89. The van der Waals surface area contributed by atoms with Gasteiger partial charge in [-0.1, -0.05) is 6.07 Å². The summed E-state index contributed by atoms with van der Waals surface area (Å²) in [6, 6.07) is 15.4. The molecular weight excluding hydrogens is 979 g/mol. The van der Waals surface area contributed by atoms with E-state index >= 15 is 0 Å². The normalized spacial score (nSPS) is 19.1. The molecule has 362 valence electrons. The Balaban J connectivity index is 1.05. The second-order valence-corrected chi connectivity index (χ2v) is 21.1. The molecule has 2 amide bonds. The number of aliphatic hydroxyl groups is 1. The van der Waals surface area contributed by atoms with Crippen LogP contribution in [0.3, 0.4) is 0 Å². The summed E-state index contributed by atoms with van der Waals surface area (Å²) in [6.07, 6.45) is -5.54. The Hall–Kier alpha value is -5.76. The topological polar surface area (TPSA) is 366 Å². The van der Waals surface area contributed by atoms with Gasteiger partial charge < -0.3 is 64.9 Å². The highest BCUT2D eigenvalue weighted by atomic mass is 32.5. The van der Waals surface area contributed by atoms with E-state index in [0.717, 1.165) is 23.7 Å². The molecule has 2 unspecified atom stereocenters. The van der Waals surface area contributed by atoms with Crippen LogP contribution in [0.2, 0.25) is 0 Å². The molecule has 4 heterocycles. The van der Waals surface area contributed by atoms with Gasteiger partial charge in [0.2, 0.25) is 5.36 Å². The fourth-order valence-corrected chi connectivity index (χ4v) is 10.9. The maximum atomic E-state index is 13.4. The number of nitrogens with one attached hydrogen (secondary N) is 2. The lowest BCUT2D eigenvalue weighted by Gasteiger charge is -2.22. The van der Waals surface area contributed by atoms with E-state index in [-0.39, 0.29) is 41.2 Å². The number of phosphoric ester groups is 1. The summed E-state index contributed by atoms with van der Waals surface area (Å²) in [4.78, 5) is 91.4. The van der Waals surface area contributed by atoms with Gasteiger partial charge in [-0.05, 0) is 47.7 Å². The van der Waals surface area contributed by atoms with Gasteiger partial charge in [0.1, 0.15) is 49.5 Å². The van der Waals surface area contributed by atoms with Crippen molar-refractivity contribution in [1.29, 1.82) is 0 Å². The van der Waals surface area contributed by atoms with Crippen molar-refractivity contribution in [3.05, 3.63) is 83.7 Å². The zero-order valence-electron chi connectivity index (χ0n) is 36.0. The lowest BCUT2D eigenvalue weighted by molar-refractivity contribution is -0.0522. The van der Waals surface area contributed by atoms with Gasteiger partial charge in [-0.15, -0.1) is 0 Å². The number of carbonyl (C=O) groups excluding carboxylic acids is 2. The Kier molecular flexibility index (Phi) is 14.5. The molecule has 68 heavy (non-hydrogen) atoms. The van der Waals surface area contributed by atoms with Crippen LogP contribution in [0.15, 0.2) is 71.7 Å². The van der Waals surface area contributed by atoms with E-state index in [9.17, 15) is 43.5 Å². The molecule has 2 aromatic carbocycles. The number of imidazole rings is 1. The number of aromatic carboxylic acids is 1. The number of anilines is 2. The quantitative estimate of drug-likeness (QED) is 0.0289. The maximum absolute atomic E-state index is 13.4. The number of fused-ring (bicyclic) bond motifs is 3. The molecule has 7 rings (SSSR count). The molecule has 0 saturated carbocycles. The number of hydrogen-bond donors (Lipinski definition) is 9. The number of nitrogens with two attached hydrogens (primary N) is 1. The average Bonchev–Trinajstić information content (AvgIpc) is 3.82. The van der Waals surface area contributed by atoms with Crippen molar-refractivity contribution in [2.45, 2.75) is 24.5 Å². The third kappa shape index (κ3) is 11.2. The van der Waals surface area contributed by atoms with Gasteiger partial charge in [-0.25, -0.2) is 42.6 Å². The van der Waals surface area contributed by atoms with Gasteiger partial charge in [-0.2, -0.15) is 4.31 Å². The van der Waals surface area contributed by atoms with Crippen LogP contribution in [-0.2, 0) is 43.6 Å². The Bertz CT molecular complexity index is 3140. The first-order valence-electron chi connectivity index (χ1n) is 19.8. The van der Waals surface area contributed by atoms with Crippen molar-refractivity contribution >= 4 is 85.8 Å². The highest BCUT2D eigenvalue weighted by molar-refractivity contribution is 8.08. The van der Waals surface area contributed by atoms with Gasteiger partial charge in [0, 0.05) is 67.1 Å². The number of rotatable bonds is 16. The Morgan fingerprint density at radius 1 is 0.941 bits per heavy atom. The second-order valence-electron chi connectivity index (χ2n) is 15.3. The molecule has 0 spiro atoms. The molecule has 1 aliphatic carbocycles. The fraction of sp³-hybridized carbons (Fsp3) is 0.289. The predicted octanol–water partition coefficient (Wildman–Crippen LogP) is 1.97. The van der Waals surface area contributed by atoms with E-state index in [0.29, 0.717) is 33.4 Å². The van der Waals surface area contributed by atoms with Crippen LogP contribution >= 0.6 is 22.4 Å². The first kappa shape index (κ1) is 50.1. The minimum atomic E-state index is -5.67. The molecule has 4 aromatic rings. The molecule has 0 radical (unpaired) electrons. The number of nitrogens with zero attached hydrogens (tertiary/aromatic N) is 6. The number of carbonyl (C=O) groups is 3. The minimum absolute atomic E-state index is 0.00370. The lowest BCUT2D eigenvalue weighted by Crippen LogP contribution is -2.41. The van der Waals surface area contributed by atoms with E-state index < -0.39 is 71.5 Å². The third-order valence-electron chi connectivity index (χ3n) is 10.2. The van der Waals surface area contributed by atoms with Crippen LogP contribution in [-0.4, -0.2) is 133 Å². The number of carboxylic acid groups (broad SMARTS) is 1. The van der Waals surface area contributed by atoms with Gasteiger partial charge in [0.05, 0.1) is 24.6 Å². The number of ether oxygens (including phenoxy) is 2. The number of aliphatic hydroxyl groups excluding tert-OH is 1. The SMILES string of the molecule is CN(C)c1ccc2c(-c3ccc(C(=O)NCCNC(=O)O[C@@H]4[C@H](O)[C@@H](COP(=O)(O)OP(=O)(O)OP(O)(O)=S)O[C@H]4n4cnc5c(N)ncnc54)cc3C(=O)O)c3ccc(=[N+](C)C)cc-3oc2c1. The Labute approximate surface area is 389 Å². The van der Waals surface area contributed by atoms with Crippen LogP contribution in [0.25, 0.3) is 44.6 Å². The van der Waals surface area contributed by atoms with Gasteiger partial charge in [-0.3, -0.25) is 13.9 Å². The number of alkyl carbamates (subject to hydrolysis) is 1. The Morgan fingerprint density at radius 3 is 2.35 bits per heavy atom. The number of benzene rings is 3. The molecule has 2 aliphatic heterocycles. The molecule has 2 aromatic heterocycles. The zero-order valence-corrected chi connectivity index (χ0v) is 39.5. The first-order chi connectivity index (χ1) is 31.9. The highest BCUT2D eigenvalue weighted by Crippen LogP contribution is 2.66. The molecule has 1 fully saturated rings. The monoisotopic (exact) mass is 1020 g/mol. The molecular formula is C38H43N9O17P3S+. The average molecular weight is 1020 g/mol. The van der Waals surface area contributed by atoms with E-state index in [1.54, 1.807) is 6.07 Å². The highest BCUT2D eigenvalue weighted by Gasteiger charge is 2.49. The molecule has 0 bridgehead atoms. The number of amides is 2. The summed E-state index contributed by atoms with van der Waals surface area (Å²) >= 11 is 4.07. The maximum Gasteiger partial charge on any atom is 0.488 e. The third-order valence-corrected chi connectivity index (χ3v) is 14.6. The summed E-state index contributed by atoms with van der Waals surface area (Å²) in [5.41, 5.74) is 8.79. The second kappa shape index (κ2) is 19.7. The number of phosphoric acid groups is 2. The van der Waals surface area contributed by atoms with Crippen LogP contribution in [0.1, 0.15) is 26.9 Å². The molecule has 10 N–H and O–H groups in total. The summed E-state index contributed by atoms with van der Waals surface area (Å²) in [6.45, 7) is -6.38. The van der Waals surface area contributed by atoms with E-state index in [4.69, 9.17) is 33.9 Å². The number of carboxylic acids is 1. The van der Waals surface area contributed by atoms with E-state index in [2.05, 4.69) is 46.0 Å². The Morgan fingerprint density at radius 2 is 1.66 bits per heavy atom. The van der Waals surface area contributed by atoms with Gasteiger partial charge in [0.25, 0.3) is 5.91 Å². The summed E-state index contributed by atoms with van der Waals surface area (Å²) < 4.78 is 57.8. The summed E-state index contributed by atoms with van der Waals surface area (Å²) in [5, 5.41) is 28.2. The van der Waals surface area contributed by atoms with Crippen LogP contribution in [0.4, 0.5) is 16.3 Å². The van der Waals surface area contributed by atoms with Crippen LogP contribution < -0.4 is 31.2 Å². The summed E-state index contributed by atoms with van der Waals surface area (Å²) in [5.74, 6) is -1.51. The van der Waals surface area contributed by atoms with Crippen molar-refractivity contribution in [2.75, 3.05) is 58.5 Å². The van der Waals surface area contributed by atoms with Crippen molar-refractivity contribution < 1.29 is 80.3 Å². The largest absolute Gasteiger partial charge is 0.488 e. The summed E-state index contributed by atoms with van der Waals surface area (Å²) in [7, 11) is -3.72. The van der Waals surface area contributed by atoms with Gasteiger partial charge in [0.15, 0.2) is 23.8 Å². The van der Waals surface area contributed by atoms with Crippen molar-refractivity contribution in [3.8, 4) is 22.5 Å². The van der Waals surface area contributed by atoms with Gasteiger partial charge >= 0.3 is 34.4 Å². The molecule has 26 nitrogen and oxygen atoms in total. The standard InChI is InChI=1S/C38H42N9O17P3S/c1-45(2)20-6-9-23-26(14-20)60-27-15-21(46(3)4)7-10-24(27)29(23)22-8-5-19(13-25(22)37(50)51)35(49)40-11-12-41-38(52)62-32-31(48)28(16-59-65(53,54)63-66(55,56)64-67(57,58)68)61-36(32)47-18-44-30-33(39)42-17-43-34(30)47/h5-10,13-15,17-18,28,31-32,36,48H,11-12,16H2,1-4H3,(H8-,39,40,41,42,43,49,50,51,52,53,54,55,56,57,58,68)/p+1/t28-,31-,32-,36-/m1/s1. The van der Waals surface area contributed by atoms with Crippen LogP contribution in [0.5, 0.6) is 0 Å². The number of aromatic nitrogens is 4. The molecule has 30 heteroatoms. The van der Waals surface area contributed by atoms with E-state index in [1.807, 2.05) is 74.1 Å². The van der Waals surface area contributed by atoms with E-state index in [1.165, 1.54) is 16.7 Å². The number of hydrogen-bond acceptors (Lipinski definition) is 18. The minimum Gasteiger partial charge on any atom is -0.478 e.